The first-order valence-electron chi connectivity index (χ1n) is 13.4. The third kappa shape index (κ3) is 3.54. The van der Waals surface area contributed by atoms with Gasteiger partial charge >= 0.3 is 0 Å². The quantitative estimate of drug-likeness (QED) is 0.294. The molecule has 3 aliphatic rings. The number of ether oxygens (including phenoxy) is 1. The summed E-state index contributed by atoms with van der Waals surface area (Å²) in [7, 11) is 1.56. The SMILES string of the molecule is COc1ccc(C(=O)C2C(C(=O)c3ccccc3Cl)N3c4ccccc4C=CC3C23C(=O)Nc2ccccc23)cc1. The van der Waals surface area contributed by atoms with Crippen LogP contribution in [0.25, 0.3) is 6.08 Å². The van der Waals surface area contributed by atoms with Gasteiger partial charge in [-0.15, -0.1) is 0 Å². The molecule has 3 aliphatic heterocycles. The van der Waals surface area contributed by atoms with Crippen molar-refractivity contribution in [1.29, 1.82) is 0 Å². The third-order valence-corrected chi connectivity index (χ3v) is 8.94. The highest BCUT2D eigenvalue weighted by Crippen LogP contribution is 2.58. The number of carbonyl (C=O) groups excluding carboxylic acids is 3. The molecular weight excluding hydrogens is 536 g/mol. The van der Waals surface area contributed by atoms with Crippen molar-refractivity contribution in [2.24, 2.45) is 5.92 Å². The molecule has 4 aromatic carbocycles. The molecular formula is C34H25ClN2O4. The van der Waals surface area contributed by atoms with Crippen LogP contribution < -0.4 is 15.0 Å². The Labute approximate surface area is 242 Å². The maximum atomic E-state index is 14.8. The van der Waals surface area contributed by atoms with Gasteiger partial charge in [-0.1, -0.05) is 72.3 Å². The van der Waals surface area contributed by atoms with E-state index >= 15 is 0 Å². The number of anilines is 2. The monoisotopic (exact) mass is 560 g/mol. The lowest BCUT2D eigenvalue weighted by Crippen LogP contribution is -2.51. The number of hydrogen-bond donors (Lipinski definition) is 1. The summed E-state index contributed by atoms with van der Waals surface area (Å²) >= 11 is 6.58. The van der Waals surface area contributed by atoms with Gasteiger partial charge < -0.3 is 15.0 Å². The standard InChI is InChI=1S/C34H25ClN2O4/c1-41-22-17-14-21(15-18-22)31(38)29-30(32(39)23-9-3-5-11-25(23)35)37-27-13-7-2-8-20(27)16-19-28(37)34(29)24-10-4-6-12-26(24)36-33(34)40/h2-19,28-30H,1H3,(H,36,40). The van der Waals surface area contributed by atoms with E-state index in [0.717, 1.165) is 11.3 Å². The van der Waals surface area contributed by atoms with Crippen molar-refractivity contribution in [3.05, 3.63) is 130 Å². The maximum absolute atomic E-state index is 14.8. The number of fused-ring (bicyclic) bond motifs is 6. The number of carbonyl (C=O) groups is 3. The van der Waals surface area contributed by atoms with Crippen LogP contribution in [0.4, 0.5) is 11.4 Å². The molecule has 1 saturated heterocycles. The Kier molecular flexibility index (Phi) is 5.84. The van der Waals surface area contributed by atoms with E-state index in [0.29, 0.717) is 33.1 Å². The first-order chi connectivity index (χ1) is 20.0. The number of methoxy groups -OCH3 is 1. The van der Waals surface area contributed by atoms with Crippen LogP contribution in [0.15, 0.2) is 103 Å². The number of Topliss-reactive ketones (excluding diaryl/α,β-unsaturated/α-hetero) is 2. The molecule has 6 nitrogen and oxygen atoms in total. The van der Waals surface area contributed by atoms with Gasteiger partial charge in [0.2, 0.25) is 5.91 Å². The number of benzene rings is 4. The average Bonchev–Trinajstić information content (AvgIpc) is 3.49. The molecule has 1 spiro atoms. The number of nitrogens with zero attached hydrogens (tertiary/aromatic N) is 1. The topological polar surface area (TPSA) is 75.7 Å². The minimum Gasteiger partial charge on any atom is -0.497 e. The summed E-state index contributed by atoms with van der Waals surface area (Å²) in [6, 6.07) is 27.2. The number of halogens is 1. The molecule has 1 fully saturated rings. The number of hydrogen-bond acceptors (Lipinski definition) is 5. The van der Waals surface area contributed by atoms with Crippen molar-refractivity contribution in [2.75, 3.05) is 17.3 Å². The third-order valence-electron chi connectivity index (χ3n) is 8.61. The number of nitrogens with one attached hydrogen (secondary N) is 1. The fourth-order valence-electron chi connectivity index (χ4n) is 6.87. The predicted molar refractivity (Wildman–Crippen MR) is 159 cm³/mol. The molecule has 4 atom stereocenters. The predicted octanol–water partition coefficient (Wildman–Crippen LogP) is 6.20. The van der Waals surface area contributed by atoms with Gasteiger partial charge in [0.25, 0.3) is 0 Å². The van der Waals surface area contributed by atoms with Crippen LogP contribution in [0.5, 0.6) is 5.75 Å². The summed E-state index contributed by atoms with van der Waals surface area (Å²) in [5.74, 6) is -1.38. The van der Waals surface area contributed by atoms with Crippen molar-refractivity contribution < 1.29 is 19.1 Å². The molecule has 0 radical (unpaired) electrons. The molecule has 0 bridgehead atoms. The summed E-state index contributed by atoms with van der Waals surface area (Å²) in [5, 5.41) is 3.34. The Morgan fingerprint density at radius 1 is 0.878 bits per heavy atom. The van der Waals surface area contributed by atoms with Crippen LogP contribution in [0.1, 0.15) is 31.8 Å². The van der Waals surface area contributed by atoms with Crippen molar-refractivity contribution in [2.45, 2.75) is 17.5 Å². The van der Waals surface area contributed by atoms with Gasteiger partial charge in [0.15, 0.2) is 11.6 Å². The molecule has 3 heterocycles. The van der Waals surface area contributed by atoms with E-state index < -0.39 is 23.4 Å². The van der Waals surface area contributed by atoms with E-state index in [1.165, 1.54) is 0 Å². The van der Waals surface area contributed by atoms with E-state index in [9.17, 15) is 14.4 Å². The lowest BCUT2D eigenvalue weighted by atomic mass is 9.64. The molecule has 7 heteroatoms. The van der Waals surface area contributed by atoms with E-state index in [2.05, 4.69) is 5.32 Å². The zero-order valence-electron chi connectivity index (χ0n) is 22.1. The number of para-hydroxylation sites is 2. The van der Waals surface area contributed by atoms with Crippen molar-refractivity contribution in [3.8, 4) is 5.75 Å². The summed E-state index contributed by atoms with van der Waals surface area (Å²) in [6.07, 6.45) is 3.93. The second-order valence-corrected chi connectivity index (χ2v) is 10.9. The average molecular weight is 561 g/mol. The van der Waals surface area contributed by atoms with Crippen LogP contribution in [0.3, 0.4) is 0 Å². The smallest absolute Gasteiger partial charge is 0.238 e. The van der Waals surface area contributed by atoms with Crippen LogP contribution in [0.2, 0.25) is 5.02 Å². The first-order valence-corrected chi connectivity index (χ1v) is 13.8. The number of rotatable bonds is 5. The van der Waals surface area contributed by atoms with Gasteiger partial charge in [0.05, 0.1) is 24.1 Å². The fourth-order valence-corrected chi connectivity index (χ4v) is 7.10. The zero-order chi connectivity index (χ0) is 28.3. The van der Waals surface area contributed by atoms with E-state index in [4.69, 9.17) is 16.3 Å². The molecule has 0 aromatic heterocycles. The van der Waals surface area contributed by atoms with Crippen LogP contribution in [-0.2, 0) is 10.2 Å². The molecule has 7 rings (SSSR count). The van der Waals surface area contributed by atoms with Crippen molar-refractivity contribution in [1.82, 2.24) is 0 Å². The van der Waals surface area contributed by atoms with Gasteiger partial charge in [0, 0.05) is 22.5 Å². The van der Waals surface area contributed by atoms with Gasteiger partial charge in [0.1, 0.15) is 17.2 Å². The Hall–Kier alpha value is -4.68. The van der Waals surface area contributed by atoms with E-state index in [-0.39, 0.29) is 17.5 Å². The molecule has 4 unspecified atom stereocenters. The molecule has 1 N–H and O–H groups in total. The lowest BCUT2D eigenvalue weighted by Gasteiger charge is -2.37. The maximum Gasteiger partial charge on any atom is 0.238 e. The second kappa shape index (κ2) is 9.46. The largest absolute Gasteiger partial charge is 0.497 e. The molecule has 0 aliphatic carbocycles. The van der Waals surface area contributed by atoms with Crippen LogP contribution in [-0.4, -0.2) is 36.7 Å². The lowest BCUT2D eigenvalue weighted by molar-refractivity contribution is -0.121. The number of ketones is 2. The zero-order valence-corrected chi connectivity index (χ0v) is 22.8. The van der Waals surface area contributed by atoms with Gasteiger partial charge in [-0.3, -0.25) is 14.4 Å². The van der Waals surface area contributed by atoms with Crippen LogP contribution in [0, 0.1) is 5.92 Å². The Morgan fingerprint density at radius 3 is 2.37 bits per heavy atom. The molecule has 0 saturated carbocycles. The number of amides is 1. The molecule has 4 aromatic rings. The minimum absolute atomic E-state index is 0.294. The summed E-state index contributed by atoms with van der Waals surface area (Å²) in [5.41, 5.74) is 2.35. The Morgan fingerprint density at radius 2 is 1.59 bits per heavy atom. The van der Waals surface area contributed by atoms with Crippen molar-refractivity contribution in [3.63, 3.8) is 0 Å². The summed E-state index contributed by atoms with van der Waals surface area (Å²) in [4.78, 5) is 45.8. The summed E-state index contributed by atoms with van der Waals surface area (Å²) < 4.78 is 5.32. The van der Waals surface area contributed by atoms with Gasteiger partial charge in [-0.05, 0) is 59.7 Å². The minimum atomic E-state index is -1.38. The van der Waals surface area contributed by atoms with E-state index in [1.807, 2.05) is 65.6 Å². The molecule has 41 heavy (non-hydrogen) atoms. The fraction of sp³-hybridized carbons (Fsp3) is 0.147. The highest BCUT2D eigenvalue weighted by molar-refractivity contribution is 6.34. The van der Waals surface area contributed by atoms with Crippen LogP contribution >= 0.6 is 11.6 Å². The normalized spacial score (nSPS) is 23.5. The first kappa shape index (κ1) is 25.3. The molecule has 202 valence electrons. The Bertz CT molecular complexity index is 1760. The highest BCUT2D eigenvalue weighted by Gasteiger charge is 2.70. The summed E-state index contributed by atoms with van der Waals surface area (Å²) in [6.45, 7) is 0. The van der Waals surface area contributed by atoms with E-state index in [1.54, 1.807) is 55.6 Å². The highest BCUT2D eigenvalue weighted by atomic mass is 35.5. The van der Waals surface area contributed by atoms with Gasteiger partial charge in [-0.25, -0.2) is 0 Å². The molecule has 1 amide bonds. The van der Waals surface area contributed by atoms with Crippen molar-refractivity contribution >= 4 is 46.5 Å². The second-order valence-electron chi connectivity index (χ2n) is 10.5. The van der Waals surface area contributed by atoms with Gasteiger partial charge in [-0.2, -0.15) is 0 Å². The Balaban J connectivity index is 1.53.